The number of amides is 1. The first-order valence-electron chi connectivity index (χ1n) is 8.28. The molecule has 0 aliphatic heterocycles. The van der Waals surface area contributed by atoms with E-state index in [4.69, 9.17) is 28.9 Å². The Morgan fingerprint density at radius 3 is 2.19 bits per heavy atom. The fraction of sp³-hybridized carbons (Fsp3) is 0.278. The molecule has 0 aromatic heterocycles. The van der Waals surface area contributed by atoms with Crippen molar-refractivity contribution in [2.24, 2.45) is 0 Å². The summed E-state index contributed by atoms with van der Waals surface area (Å²) in [5.74, 6) is -0.471. The quantitative estimate of drug-likeness (QED) is 0.673. The molecule has 0 aliphatic carbocycles. The van der Waals surface area contributed by atoms with Crippen LogP contribution in [0.1, 0.15) is 29.8 Å². The van der Waals surface area contributed by atoms with Gasteiger partial charge in [0.2, 0.25) is 10.0 Å². The maximum atomic E-state index is 12.7. The van der Waals surface area contributed by atoms with Crippen LogP contribution in [-0.2, 0) is 10.0 Å². The van der Waals surface area contributed by atoms with Crippen LogP contribution in [-0.4, -0.2) is 31.7 Å². The van der Waals surface area contributed by atoms with Gasteiger partial charge in [0, 0.05) is 24.3 Å². The third kappa shape index (κ3) is 4.55. The summed E-state index contributed by atoms with van der Waals surface area (Å²) < 4.78 is 26.8. The predicted octanol–water partition coefficient (Wildman–Crippen LogP) is 4.17. The lowest BCUT2D eigenvalue weighted by Crippen LogP contribution is -2.30. The van der Waals surface area contributed by atoms with Gasteiger partial charge in [0.15, 0.2) is 0 Å². The number of benzene rings is 2. The Morgan fingerprint density at radius 2 is 1.67 bits per heavy atom. The average Bonchev–Trinajstić information content (AvgIpc) is 2.60. The lowest BCUT2D eigenvalue weighted by molar-refractivity contribution is 0.102. The normalized spacial score (nSPS) is 11.6. The number of anilines is 2. The molecule has 6 nitrogen and oxygen atoms in total. The Hall–Kier alpha value is -1.80. The van der Waals surface area contributed by atoms with Crippen molar-refractivity contribution < 1.29 is 13.2 Å². The number of hydrogen-bond acceptors (Lipinski definition) is 4. The molecule has 0 aliphatic rings. The van der Waals surface area contributed by atoms with Crippen molar-refractivity contribution in [3.05, 3.63) is 51.5 Å². The van der Waals surface area contributed by atoms with Crippen LogP contribution in [0.4, 0.5) is 11.4 Å². The standard InChI is InChI=1S/C18H21Cl2N3O3S/c1-4-23(5-2)27(25,26)13-7-6-11(3)14(10-13)18(24)22-12-8-15(19)17(21)16(20)9-12/h6-10H,4-5,21H2,1-3H3,(H,22,24). The van der Waals surface area contributed by atoms with Crippen molar-refractivity contribution >= 4 is 50.5 Å². The van der Waals surface area contributed by atoms with Crippen molar-refractivity contribution in [1.82, 2.24) is 4.31 Å². The zero-order valence-electron chi connectivity index (χ0n) is 15.2. The molecule has 0 bridgehead atoms. The van der Waals surface area contributed by atoms with E-state index in [-0.39, 0.29) is 26.2 Å². The van der Waals surface area contributed by atoms with Crippen LogP contribution < -0.4 is 11.1 Å². The summed E-state index contributed by atoms with van der Waals surface area (Å²) in [6.45, 7) is 5.94. The highest BCUT2D eigenvalue weighted by Crippen LogP contribution is 2.31. The molecular formula is C18H21Cl2N3O3S. The van der Waals surface area contributed by atoms with Crippen LogP contribution in [0, 0.1) is 6.92 Å². The first-order chi connectivity index (χ1) is 12.6. The Bertz CT molecular complexity index is 951. The van der Waals surface area contributed by atoms with Crippen LogP contribution in [0.15, 0.2) is 35.2 Å². The zero-order valence-corrected chi connectivity index (χ0v) is 17.5. The van der Waals surface area contributed by atoms with Gasteiger partial charge in [0.25, 0.3) is 5.91 Å². The molecule has 146 valence electrons. The van der Waals surface area contributed by atoms with Gasteiger partial charge in [-0.15, -0.1) is 0 Å². The highest BCUT2D eigenvalue weighted by atomic mass is 35.5. The summed E-state index contributed by atoms with van der Waals surface area (Å²) in [4.78, 5) is 12.8. The molecule has 0 saturated carbocycles. The van der Waals surface area contributed by atoms with E-state index >= 15 is 0 Å². The maximum Gasteiger partial charge on any atom is 0.255 e. The highest BCUT2D eigenvalue weighted by molar-refractivity contribution is 7.89. The first kappa shape index (κ1) is 21.5. The van der Waals surface area contributed by atoms with Crippen molar-refractivity contribution in [3.63, 3.8) is 0 Å². The number of hydrogen-bond donors (Lipinski definition) is 2. The van der Waals surface area contributed by atoms with Gasteiger partial charge in [-0.2, -0.15) is 4.31 Å². The highest BCUT2D eigenvalue weighted by Gasteiger charge is 2.23. The van der Waals surface area contributed by atoms with Gasteiger partial charge in [-0.25, -0.2) is 8.42 Å². The number of sulfonamides is 1. The van der Waals surface area contributed by atoms with Crippen molar-refractivity contribution in [3.8, 4) is 0 Å². The van der Waals surface area contributed by atoms with Crippen LogP contribution in [0.25, 0.3) is 0 Å². The van der Waals surface area contributed by atoms with E-state index in [1.165, 1.54) is 28.6 Å². The molecule has 2 aromatic carbocycles. The second kappa shape index (κ2) is 8.48. The minimum atomic E-state index is -3.67. The minimum absolute atomic E-state index is 0.0651. The molecular weight excluding hydrogens is 409 g/mol. The summed E-state index contributed by atoms with van der Waals surface area (Å²) in [6, 6.07) is 7.43. The van der Waals surface area contributed by atoms with Gasteiger partial charge in [-0.1, -0.05) is 43.1 Å². The molecule has 9 heteroatoms. The molecule has 0 spiro atoms. The number of aryl methyl sites for hydroxylation is 1. The molecule has 27 heavy (non-hydrogen) atoms. The summed E-state index contributed by atoms with van der Waals surface area (Å²) in [7, 11) is -3.67. The molecule has 3 N–H and O–H groups in total. The van der Waals surface area contributed by atoms with Crippen LogP contribution in [0.5, 0.6) is 0 Å². The molecule has 2 aromatic rings. The van der Waals surface area contributed by atoms with Gasteiger partial charge in [-0.3, -0.25) is 4.79 Å². The largest absolute Gasteiger partial charge is 0.396 e. The molecule has 1 amide bonds. The van der Waals surface area contributed by atoms with Crippen molar-refractivity contribution in [1.29, 1.82) is 0 Å². The van der Waals surface area contributed by atoms with Crippen LogP contribution in [0.3, 0.4) is 0 Å². The monoisotopic (exact) mass is 429 g/mol. The summed E-state index contributed by atoms with van der Waals surface area (Å²) in [5.41, 5.74) is 7.16. The number of nitrogens with two attached hydrogens (primary N) is 1. The Balaban J connectivity index is 2.40. The SMILES string of the molecule is CCN(CC)S(=O)(=O)c1ccc(C)c(C(=O)Nc2cc(Cl)c(N)c(Cl)c2)c1. The van der Waals surface area contributed by atoms with Crippen LogP contribution in [0.2, 0.25) is 10.0 Å². The summed E-state index contributed by atoms with van der Waals surface area (Å²) >= 11 is 12.0. The van der Waals surface area contributed by atoms with Gasteiger partial charge >= 0.3 is 0 Å². The molecule has 0 unspecified atom stereocenters. The zero-order chi connectivity index (χ0) is 20.4. The Labute approximate surface area is 169 Å². The third-order valence-corrected chi connectivity index (χ3v) is 6.81. The second-order valence-electron chi connectivity index (χ2n) is 5.87. The van der Waals surface area contributed by atoms with Gasteiger partial charge in [-0.05, 0) is 36.8 Å². The van der Waals surface area contributed by atoms with E-state index in [0.29, 0.717) is 24.3 Å². The molecule has 0 fully saturated rings. The van der Waals surface area contributed by atoms with E-state index in [0.717, 1.165) is 0 Å². The Kier molecular flexibility index (Phi) is 6.75. The maximum absolute atomic E-state index is 12.7. The van der Waals surface area contributed by atoms with Crippen molar-refractivity contribution in [2.75, 3.05) is 24.1 Å². The van der Waals surface area contributed by atoms with Crippen LogP contribution >= 0.6 is 23.2 Å². The van der Waals surface area contributed by atoms with E-state index < -0.39 is 15.9 Å². The molecule has 0 heterocycles. The number of nitrogens with one attached hydrogen (secondary N) is 1. The van der Waals surface area contributed by atoms with Crippen molar-refractivity contribution in [2.45, 2.75) is 25.7 Å². The lowest BCUT2D eigenvalue weighted by atomic mass is 10.1. The number of rotatable bonds is 6. The molecule has 0 atom stereocenters. The fourth-order valence-corrected chi connectivity index (χ4v) is 4.55. The van der Waals surface area contributed by atoms with Gasteiger partial charge in [0.05, 0.1) is 20.6 Å². The smallest absolute Gasteiger partial charge is 0.255 e. The van der Waals surface area contributed by atoms with E-state index in [2.05, 4.69) is 5.32 Å². The van der Waals surface area contributed by atoms with E-state index in [1.807, 2.05) is 0 Å². The van der Waals surface area contributed by atoms with E-state index in [9.17, 15) is 13.2 Å². The number of carbonyl (C=O) groups excluding carboxylic acids is 1. The third-order valence-electron chi connectivity index (χ3n) is 4.13. The summed E-state index contributed by atoms with van der Waals surface area (Å²) in [5, 5.41) is 3.10. The molecule has 0 radical (unpaired) electrons. The van der Waals surface area contributed by atoms with Gasteiger partial charge < -0.3 is 11.1 Å². The topological polar surface area (TPSA) is 92.5 Å². The lowest BCUT2D eigenvalue weighted by Gasteiger charge is -2.19. The number of carbonyl (C=O) groups is 1. The van der Waals surface area contributed by atoms with E-state index in [1.54, 1.807) is 26.8 Å². The number of nitrogen functional groups attached to an aromatic ring is 1. The number of halogens is 2. The molecule has 0 saturated heterocycles. The van der Waals surface area contributed by atoms with Gasteiger partial charge in [0.1, 0.15) is 0 Å². The molecule has 2 rings (SSSR count). The number of nitrogens with zero attached hydrogens (tertiary/aromatic N) is 1. The fourth-order valence-electron chi connectivity index (χ4n) is 2.57. The average molecular weight is 430 g/mol. The Morgan fingerprint density at radius 1 is 1.11 bits per heavy atom. The first-order valence-corrected chi connectivity index (χ1v) is 10.5. The minimum Gasteiger partial charge on any atom is -0.396 e. The summed E-state index contributed by atoms with van der Waals surface area (Å²) in [6.07, 6.45) is 0. The predicted molar refractivity (Wildman–Crippen MR) is 110 cm³/mol. The second-order valence-corrected chi connectivity index (χ2v) is 8.63.